The number of carbonyl (C=O) groups excluding carboxylic acids is 2. The molecule has 5 heteroatoms. The quantitative estimate of drug-likeness (QED) is 0.460. The molecule has 0 saturated carbocycles. The van der Waals surface area contributed by atoms with E-state index in [9.17, 15) is 9.59 Å². The SMILES string of the molecule is [B]/C(C=O)=C\C(NC(=O)OC(C)(C)C)C(C)C. The number of carbonyl (C=O) groups is 2. The summed E-state index contributed by atoms with van der Waals surface area (Å²) in [5.74, 6) is 0.112. The van der Waals surface area contributed by atoms with Crippen LogP contribution in [0.5, 0.6) is 0 Å². The second-order valence-corrected chi connectivity index (χ2v) is 5.20. The van der Waals surface area contributed by atoms with Gasteiger partial charge in [0.2, 0.25) is 0 Å². The number of ether oxygens (including phenoxy) is 1. The van der Waals surface area contributed by atoms with Gasteiger partial charge >= 0.3 is 6.09 Å². The number of aldehydes is 1. The topological polar surface area (TPSA) is 55.4 Å². The molecule has 1 N–H and O–H groups in total. The molecule has 0 aliphatic carbocycles. The van der Waals surface area contributed by atoms with Gasteiger partial charge in [-0.25, -0.2) is 4.79 Å². The van der Waals surface area contributed by atoms with Crippen molar-refractivity contribution in [2.45, 2.75) is 46.3 Å². The van der Waals surface area contributed by atoms with Gasteiger partial charge in [0.15, 0.2) is 0 Å². The molecule has 0 aromatic rings. The first-order valence-corrected chi connectivity index (χ1v) is 5.57. The lowest BCUT2D eigenvalue weighted by Gasteiger charge is -2.24. The Morgan fingerprint density at radius 3 is 2.24 bits per heavy atom. The smallest absolute Gasteiger partial charge is 0.408 e. The van der Waals surface area contributed by atoms with Crippen LogP contribution in [0.1, 0.15) is 34.6 Å². The summed E-state index contributed by atoms with van der Waals surface area (Å²) in [5, 5.41) is 2.66. The molecule has 0 spiro atoms. The fourth-order valence-corrected chi connectivity index (χ4v) is 1.09. The maximum atomic E-state index is 11.6. The predicted molar refractivity (Wildman–Crippen MR) is 67.9 cm³/mol. The highest BCUT2D eigenvalue weighted by atomic mass is 16.6. The normalized spacial score (nSPS) is 14.4. The highest BCUT2D eigenvalue weighted by Crippen LogP contribution is 2.09. The van der Waals surface area contributed by atoms with Gasteiger partial charge in [-0.05, 0) is 26.7 Å². The zero-order valence-electron chi connectivity index (χ0n) is 11.1. The molecule has 0 heterocycles. The Morgan fingerprint density at radius 1 is 1.35 bits per heavy atom. The van der Waals surface area contributed by atoms with E-state index in [0.29, 0.717) is 6.29 Å². The molecule has 0 aliphatic heterocycles. The summed E-state index contributed by atoms with van der Waals surface area (Å²) < 4.78 is 5.13. The Morgan fingerprint density at radius 2 is 1.88 bits per heavy atom. The van der Waals surface area contributed by atoms with Gasteiger partial charge in [-0.3, -0.25) is 4.79 Å². The van der Waals surface area contributed by atoms with Gasteiger partial charge in [0.1, 0.15) is 19.7 Å². The molecule has 0 saturated heterocycles. The van der Waals surface area contributed by atoms with E-state index in [0.717, 1.165) is 0 Å². The zero-order valence-corrected chi connectivity index (χ0v) is 11.1. The van der Waals surface area contributed by atoms with E-state index in [2.05, 4.69) is 5.32 Å². The number of allylic oxidation sites excluding steroid dienone is 1. The second kappa shape index (κ2) is 6.47. The van der Waals surface area contributed by atoms with E-state index in [1.807, 2.05) is 13.8 Å². The van der Waals surface area contributed by atoms with Crippen molar-refractivity contribution in [3.8, 4) is 0 Å². The van der Waals surface area contributed by atoms with E-state index in [1.165, 1.54) is 6.08 Å². The third-order valence-electron chi connectivity index (χ3n) is 1.91. The summed E-state index contributed by atoms with van der Waals surface area (Å²) in [5.41, 5.74) is -0.453. The van der Waals surface area contributed by atoms with Crippen LogP contribution in [-0.2, 0) is 9.53 Å². The van der Waals surface area contributed by atoms with E-state index in [4.69, 9.17) is 12.6 Å². The Bertz CT molecular complexity index is 305. The van der Waals surface area contributed by atoms with E-state index < -0.39 is 11.7 Å². The number of nitrogens with one attached hydrogen (secondary N) is 1. The predicted octanol–water partition coefficient (Wildman–Crippen LogP) is 1.79. The number of rotatable bonds is 4. The first-order valence-electron chi connectivity index (χ1n) is 5.57. The maximum Gasteiger partial charge on any atom is 0.408 e. The highest BCUT2D eigenvalue weighted by molar-refractivity contribution is 6.32. The number of hydrogen-bond donors (Lipinski definition) is 1. The molecule has 0 fully saturated rings. The fourth-order valence-electron chi connectivity index (χ4n) is 1.09. The molecule has 0 aliphatic rings. The van der Waals surface area contributed by atoms with Gasteiger partial charge in [0.05, 0.1) is 6.04 Å². The molecule has 94 valence electrons. The largest absolute Gasteiger partial charge is 0.444 e. The first-order chi connectivity index (χ1) is 7.65. The standard InChI is InChI=1S/C12H20BNO3/c1-8(2)10(6-9(13)7-15)14-11(16)17-12(3,4)5/h6-8,10H,1-5H3,(H,14,16)/b9-6-. The number of alkyl carbamates (subject to hydrolysis) is 1. The zero-order chi connectivity index (χ0) is 13.6. The molecular weight excluding hydrogens is 217 g/mol. The minimum Gasteiger partial charge on any atom is -0.444 e. The monoisotopic (exact) mass is 237 g/mol. The van der Waals surface area contributed by atoms with Crippen LogP contribution in [0.3, 0.4) is 0 Å². The summed E-state index contributed by atoms with van der Waals surface area (Å²) in [6, 6.07) is -0.324. The lowest BCUT2D eigenvalue weighted by molar-refractivity contribution is -0.104. The van der Waals surface area contributed by atoms with Gasteiger partial charge in [0.25, 0.3) is 0 Å². The third kappa shape index (κ3) is 7.61. The van der Waals surface area contributed by atoms with Crippen molar-refractivity contribution < 1.29 is 14.3 Å². The van der Waals surface area contributed by atoms with Crippen LogP contribution < -0.4 is 5.32 Å². The van der Waals surface area contributed by atoms with Gasteiger partial charge in [0, 0.05) is 0 Å². The molecular formula is C12H20BNO3. The van der Waals surface area contributed by atoms with E-state index >= 15 is 0 Å². The molecule has 2 radical (unpaired) electrons. The molecule has 0 aromatic heterocycles. The molecule has 1 atom stereocenters. The van der Waals surface area contributed by atoms with Crippen molar-refractivity contribution in [3.05, 3.63) is 11.5 Å². The van der Waals surface area contributed by atoms with Crippen LogP contribution in [0.15, 0.2) is 11.5 Å². The number of amides is 1. The Kier molecular flexibility index (Phi) is 6.00. The molecule has 1 amide bonds. The van der Waals surface area contributed by atoms with Crippen LogP contribution in [0.4, 0.5) is 4.79 Å². The first kappa shape index (κ1) is 15.7. The molecule has 0 bridgehead atoms. The van der Waals surface area contributed by atoms with Crippen molar-refractivity contribution in [2.24, 2.45) is 5.92 Å². The fraction of sp³-hybridized carbons (Fsp3) is 0.667. The third-order valence-corrected chi connectivity index (χ3v) is 1.91. The lowest BCUT2D eigenvalue weighted by atomic mass is 9.92. The van der Waals surface area contributed by atoms with Gasteiger partial charge < -0.3 is 10.1 Å². The molecule has 17 heavy (non-hydrogen) atoms. The van der Waals surface area contributed by atoms with Gasteiger partial charge in [-0.15, -0.1) is 0 Å². The molecule has 0 rings (SSSR count). The molecule has 0 aromatic carbocycles. The van der Waals surface area contributed by atoms with Crippen LogP contribution >= 0.6 is 0 Å². The van der Waals surface area contributed by atoms with E-state index in [-0.39, 0.29) is 17.4 Å². The van der Waals surface area contributed by atoms with Crippen molar-refractivity contribution in [2.75, 3.05) is 0 Å². The van der Waals surface area contributed by atoms with Crippen LogP contribution in [0.25, 0.3) is 0 Å². The Balaban J connectivity index is 4.57. The van der Waals surface area contributed by atoms with Crippen molar-refractivity contribution in [1.29, 1.82) is 0 Å². The van der Waals surface area contributed by atoms with Crippen LogP contribution in [0.2, 0.25) is 0 Å². The molecule has 1 unspecified atom stereocenters. The Hall–Kier alpha value is -1.26. The van der Waals surface area contributed by atoms with Crippen molar-refractivity contribution in [3.63, 3.8) is 0 Å². The minimum absolute atomic E-state index is 0.0970. The van der Waals surface area contributed by atoms with Crippen molar-refractivity contribution in [1.82, 2.24) is 5.32 Å². The second-order valence-electron chi connectivity index (χ2n) is 5.20. The summed E-state index contributed by atoms with van der Waals surface area (Å²) >= 11 is 0. The van der Waals surface area contributed by atoms with Gasteiger partial charge in [-0.2, -0.15) is 0 Å². The van der Waals surface area contributed by atoms with Crippen LogP contribution in [-0.4, -0.2) is 31.9 Å². The minimum atomic E-state index is -0.550. The maximum absolute atomic E-state index is 11.6. The highest BCUT2D eigenvalue weighted by Gasteiger charge is 2.20. The van der Waals surface area contributed by atoms with Crippen LogP contribution in [0, 0.1) is 5.92 Å². The number of hydrogen-bond acceptors (Lipinski definition) is 3. The summed E-state index contributed by atoms with van der Waals surface area (Å²) in [6.07, 6.45) is 1.54. The van der Waals surface area contributed by atoms with E-state index in [1.54, 1.807) is 20.8 Å². The Labute approximate surface area is 104 Å². The summed E-state index contributed by atoms with van der Waals surface area (Å²) in [7, 11) is 5.42. The summed E-state index contributed by atoms with van der Waals surface area (Å²) in [6.45, 7) is 9.18. The average Bonchev–Trinajstić information content (AvgIpc) is 2.13. The summed E-state index contributed by atoms with van der Waals surface area (Å²) in [4.78, 5) is 22.0. The molecule has 4 nitrogen and oxygen atoms in total. The van der Waals surface area contributed by atoms with Crippen molar-refractivity contribution >= 4 is 20.2 Å². The lowest BCUT2D eigenvalue weighted by Crippen LogP contribution is -2.41. The van der Waals surface area contributed by atoms with Gasteiger partial charge in [-0.1, -0.05) is 25.4 Å². The average molecular weight is 237 g/mol.